The summed E-state index contributed by atoms with van der Waals surface area (Å²) in [5, 5.41) is 1.39. The molecule has 4 heteroatoms. The number of hydrogen-bond donors (Lipinski definition) is 0. The molecule has 1 radical (unpaired) electrons. The molecule has 0 N–H and O–H groups in total. The minimum atomic E-state index is -1.75. The SMILES string of the molecule is CC(C)(C)c1cc(C(C)(C)C)c(P2[C](F)C2([Si](C)(C)C)[Si](C)(C)C)c(C(C)(C)C)c1. The topological polar surface area (TPSA) is 0 Å². The molecule has 0 aromatic heterocycles. The molecule has 1 aromatic carbocycles. The van der Waals surface area contributed by atoms with Crippen LogP contribution in [0.3, 0.4) is 0 Å². The number of benzene rings is 1. The van der Waals surface area contributed by atoms with Crippen molar-refractivity contribution in [2.45, 2.75) is 122 Å². The summed E-state index contributed by atoms with van der Waals surface area (Å²) in [5.41, 5.74) is 4.22. The van der Waals surface area contributed by atoms with E-state index in [1.165, 1.54) is 22.0 Å². The average molecular weight is 466 g/mol. The van der Waals surface area contributed by atoms with E-state index in [1.807, 2.05) is 0 Å². The maximum Gasteiger partial charge on any atom is 0.176 e. The van der Waals surface area contributed by atoms with E-state index >= 15 is 4.39 Å². The lowest BCUT2D eigenvalue weighted by Gasteiger charge is -2.41. The van der Waals surface area contributed by atoms with Crippen LogP contribution in [0.4, 0.5) is 4.39 Å². The fraction of sp³-hybridized carbons (Fsp3) is 0.731. The van der Waals surface area contributed by atoms with Gasteiger partial charge >= 0.3 is 0 Å². The second-order valence-electron chi connectivity index (χ2n) is 14.5. The Balaban J connectivity index is 2.99. The molecule has 1 unspecified atom stereocenters. The van der Waals surface area contributed by atoms with Gasteiger partial charge in [0.05, 0.1) is 16.1 Å². The predicted molar refractivity (Wildman–Crippen MR) is 143 cm³/mol. The molecule has 1 saturated heterocycles. The largest absolute Gasteiger partial charge is 0.234 e. The maximum absolute atomic E-state index is 16.3. The molecule has 1 atom stereocenters. The van der Waals surface area contributed by atoms with E-state index in [9.17, 15) is 0 Å². The highest BCUT2D eigenvalue weighted by Crippen LogP contribution is 2.86. The van der Waals surface area contributed by atoms with E-state index in [0.717, 1.165) is 0 Å². The van der Waals surface area contributed by atoms with Crippen molar-refractivity contribution in [3.63, 3.8) is 0 Å². The van der Waals surface area contributed by atoms with Crippen LogP contribution in [-0.4, -0.2) is 20.6 Å². The van der Waals surface area contributed by atoms with E-state index in [4.69, 9.17) is 0 Å². The first-order chi connectivity index (χ1) is 13.0. The molecule has 30 heavy (non-hydrogen) atoms. The van der Waals surface area contributed by atoms with Crippen LogP contribution in [0.5, 0.6) is 0 Å². The van der Waals surface area contributed by atoms with Crippen molar-refractivity contribution in [3.8, 4) is 0 Å². The maximum atomic E-state index is 16.3. The van der Waals surface area contributed by atoms with Crippen molar-refractivity contribution in [3.05, 3.63) is 34.7 Å². The molecule has 1 heterocycles. The van der Waals surface area contributed by atoms with Gasteiger partial charge in [0.1, 0.15) is 0 Å². The summed E-state index contributed by atoms with van der Waals surface area (Å²) >= 11 is 0. The van der Waals surface area contributed by atoms with Crippen molar-refractivity contribution in [2.75, 3.05) is 0 Å². The third-order valence-corrected chi connectivity index (χ3v) is 24.1. The zero-order chi connectivity index (χ0) is 23.9. The highest BCUT2D eigenvalue weighted by atomic mass is 31.1. The standard InChI is InChI=1S/C26H47FPSi2/c1-23(2,3)18-16-19(24(4,5)6)21(20(17-18)25(7,8)9)28-22(27)26(28,29(10,11)12)30(13,14)15/h16-17H,1-15H3. The summed E-state index contributed by atoms with van der Waals surface area (Å²) in [6.07, 6.45) is 0. The Labute approximate surface area is 190 Å². The molecule has 1 aliphatic rings. The lowest BCUT2D eigenvalue weighted by Crippen LogP contribution is -2.57. The summed E-state index contributed by atoms with van der Waals surface area (Å²) in [6, 6.07) is 4.86. The van der Waals surface area contributed by atoms with Crippen LogP contribution in [0.1, 0.15) is 79.0 Å². The molecule has 1 aromatic rings. The van der Waals surface area contributed by atoms with Crippen LogP contribution in [0, 0.1) is 5.91 Å². The molecule has 0 amide bonds. The zero-order valence-electron chi connectivity index (χ0n) is 22.5. The fourth-order valence-electron chi connectivity index (χ4n) is 5.35. The van der Waals surface area contributed by atoms with E-state index in [1.54, 1.807) is 0 Å². The molecule has 1 aliphatic heterocycles. The quantitative estimate of drug-likeness (QED) is 0.309. The summed E-state index contributed by atoms with van der Waals surface area (Å²) in [5.74, 6) is 0.371. The normalized spacial score (nSPS) is 21.1. The molecule has 0 aliphatic carbocycles. The van der Waals surface area contributed by atoms with Crippen LogP contribution in [0.15, 0.2) is 12.1 Å². The third kappa shape index (κ3) is 4.17. The highest BCUT2D eigenvalue weighted by Gasteiger charge is 2.78. The van der Waals surface area contributed by atoms with E-state index < -0.39 is 24.1 Å². The Kier molecular flexibility index (Phi) is 6.35. The van der Waals surface area contributed by atoms with Gasteiger partial charge in [0.15, 0.2) is 5.91 Å². The van der Waals surface area contributed by atoms with Gasteiger partial charge in [0.25, 0.3) is 0 Å². The lowest BCUT2D eigenvalue weighted by molar-refractivity contribution is 0.553. The zero-order valence-corrected chi connectivity index (χ0v) is 25.4. The Bertz CT molecular complexity index is 759. The highest BCUT2D eigenvalue weighted by molar-refractivity contribution is 7.85. The van der Waals surface area contributed by atoms with Gasteiger partial charge in [0, 0.05) is 4.40 Å². The predicted octanol–water partition coefficient (Wildman–Crippen LogP) is 8.65. The second-order valence-corrected chi connectivity index (χ2v) is 28.5. The van der Waals surface area contributed by atoms with Gasteiger partial charge < -0.3 is 0 Å². The monoisotopic (exact) mass is 465 g/mol. The van der Waals surface area contributed by atoms with E-state index in [-0.39, 0.29) is 20.6 Å². The summed E-state index contributed by atoms with van der Waals surface area (Å²) in [4.78, 5) is 0. The van der Waals surface area contributed by atoms with Gasteiger partial charge in [-0.1, -0.05) is 114 Å². The van der Waals surface area contributed by atoms with Gasteiger partial charge in [0.2, 0.25) is 0 Å². The smallest absolute Gasteiger partial charge is 0.176 e. The lowest BCUT2D eigenvalue weighted by atomic mass is 9.75. The third-order valence-electron chi connectivity index (χ3n) is 6.77. The first-order valence-corrected chi connectivity index (χ1v) is 19.9. The molecule has 0 bridgehead atoms. The van der Waals surface area contributed by atoms with E-state index in [0.29, 0.717) is 5.91 Å². The van der Waals surface area contributed by atoms with Crippen molar-refractivity contribution in [2.24, 2.45) is 0 Å². The minimum absolute atomic E-state index is 0.00752. The van der Waals surface area contributed by atoms with Crippen molar-refractivity contribution in [1.29, 1.82) is 0 Å². The van der Waals surface area contributed by atoms with Gasteiger partial charge in [-0.25, -0.2) is 4.39 Å². The molecule has 171 valence electrons. The first-order valence-electron chi connectivity index (χ1n) is 11.5. The molecule has 1 fully saturated rings. The van der Waals surface area contributed by atoms with Crippen LogP contribution in [0.25, 0.3) is 0 Å². The number of hydrogen-bond acceptors (Lipinski definition) is 0. The van der Waals surface area contributed by atoms with Crippen molar-refractivity contribution in [1.82, 2.24) is 0 Å². The van der Waals surface area contributed by atoms with Gasteiger partial charge in [-0.2, -0.15) is 0 Å². The second kappa shape index (κ2) is 7.26. The van der Waals surface area contributed by atoms with Crippen LogP contribution >= 0.6 is 7.92 Å². The van der Waals surface area contributed by atoms with Crippen LogP contribution in [-0.2, 0) is 16.2 Å². The molecular weight excluding hydrogens is 418 g/mol. The van der Waals surface area contributed by atoms with Crippen molar-refractivity contribution < 1.29 is 4.39 Å². The first kappa shape index (κ1) is 26.3. The van der Waals surface area contributed by atoms with E-state index in [2.05, 4.69) is 114 Å². The fourth-order valence-corrected chi connectivity index (χ4v) is 27.0. The Morgan fingerprint density at radius 2 is 1.00 bits per heavy atom. The number of halogens is 1. The summed E-state index contributed by atoms with van der Waals surface area (Å²) < 4.78 is 16.1. The number of rotatable bonds is 3. The average Bonchev–Trinajstić information content (AvgIpc) is 3.09. The molecule has 0 nitrogen and oxygen atoms in total. The Morgan fingerprint density at radius 1 is 0.667 bits per heavy atom. The van der Waals surface area contributed by atoms with Gasteiger partial charge in [-0.15, -0.1) is 0 Å². The Hall–Kier alpha value is 0.0138. The summed E-state index contributed by atoms with van der Waals surface area (Å²) in [7, 11) is -4.38. The molecule has 2 rings (SSSR count). The molecule has 0 saturated carbocycles. The van der Waals surface area contributed by atoms with Crippen molar-refractivity contribution >= 4 is 29.4 Å². The minimum Gasteiger partial charge on any atom is -0.234 e. The molecular formula is C26H47FPSi2. The van der Waals surface area contributed by atoms with Gasteiger partial charge in [-0.3, -0.25) is 0 Å². The summed E-state index contributed by atoms with van der Waals surface area (Å²) in [6.45, 7) is 35.2. The molecule has 0 spiro atoms. The van der Waals surface area contributed by atoms with Gasteiger partial charge in [-0.05, 0) is 46.2 Å². The Morgan fingerprint density at radius 3 is 1.20 bits per heavy atom. The van der Waals surface area contributed by atoms with Crippen LogP contribution in [0.2, 0.25) is 39.3 Å². The van der Waals surface area contributed by atoms with Crippen LogP contribution < -0.4 is 5.30 Å².